The van der Waals surface area contributed by atoms with Crippen LogP contribution in [0.2, 0.25) is 0 Å². The van der Waals surface area contributed by atoms with Gasteiger partial charge in [0.2, 0.25) is 17.8 Å². The third-order valence-electron chi connectivity index (χ3n) is 2.37. The molecule has 9 heteroatoms. The highest BCUT2D eigenvalue weighted by Crippen LogP contribution is 2.21. The normalized spacial score (nSPS) is 19.6. The summed E-state index contributed by atoms with van der Waals surface area (Å²) in [4.78, 5) is 43.7. The van der Waals surface area contributed by atoms with E-state index in [9.17, 15) is 14.4 Å². The Morgan fingerprint density at radius 2 is 2.18 bits per heavy atom. The summed E-state index contributed by atoms with van der Waals surface area (Å²) in [5.41, 5.74) is 4.57. The molecule has 1 saturated heterocycles. The van der Waals surface area contributed by atoms with Crippen LogP contribution in [-0.2, 0) is 9.59 Å². The molecule has 0 spiro atoms. The summed E-state index contributed by atoms with van der Waals surface area (Å²) in [5.74, 6) is -2.67. The van der Waals surface area contributed by atoms with Crippen LogP contribution in [-0.4, -0.2) is 38.5 Å². The van der Waals surface area contributed by atoms with Gasteiger partial charge >= 0.3 is 11.7 Å². The SMILES string of the molecule is Nc1nc(N2CC(C(=O)O)CC2=O)nc(=O)[nH]1. The van der Waals surface area contributed by atoms with Gasteiger partial charge < -0.3 is 10.8 Å². The predicted molar refractivity (Wildman–Crippen MR) is 55.2 cm³/mol. The van der Waals surface area contributed by atoms with Crippen molar-refractivity contribution in [3.8, 4) is 0 Å². The van der Waals surface area contributed by atoms with Gasteiger partial charge in [-0.2, -0.15) is 9.97 Å². The molecule has 2 heterocycles. The zero-order valence-corrected chi connectivity index (χ0v) is 8.58. The van der Waals surface area contributed by atoms with E-state index in [-0.39, 0.29) is 24.9 Å². The van der Waals surface area contributed by atoms with Gasteiger partial charge in [-0.05, 0) is 0 Å². The highest BCUT2D eigenvalue weighted by molar-refractivity contribution is 5.97. The number of nitrogens with zero attached hydrogens (tertiary/aromatic N) is 3. The molecule has 0 saturated carbocycles. The third-order valence-corrected chi connectivity index (χ3v) is 2.37. The lowest BCUT2D eigenvalue weighted by atomic mass is 10.1. The first-order chi connectivity index (χ1) is 7.97. The minimum absolute atomic E-state index is 0.0585. The minimum Gasteiger partial charge on any atom is -0.481 e. The van der Waals surface area contributed by atoms with Crippen molar-refractivity contribution in [3.63, 3.8) is 0 Å². The van der Waals surface area contributed by atoms with Crippen molar-refractivity contribution < 1.29 is 14.7 Å². The van der Waals surface area contributed by atoms with Crippen LogP contribution in [0.3, 0.4) is 0 Å². The van der Waals surface area contributed by atoms with Gasteiger partial charge in [0.15, 0.2) is 0 Å². The summed E-state index contributed by atoms with van der Waals surface area (Å²) in [6, 6.07) is 0. The molecule has 1 amide bonds. The average molecular weight is 239 g/mol. The zero-order valence-electron chi connectivity index (χ0n) is 8.58. The number of carbonyl (C=O) groups excluding carboxylic acids is 1. The number of nitrogen functional groups attached to an aromatic ring is 1. The Bertz CT molecular complexity index is 539. The lowest BCUT2D eigenvalue weighted by molar-refractivity contribution is -0.141. The highest BCUT2D eigenvalue weighted by atomic mass is 16.4. The summed E-state index contributed by atoms with van der Waals surface area (Å²) < 4.78 is 0. The number of hydrogen-bond donors (Lipinski definition) is 3. The fourth-order valence-electron chi connectivity index (χ4n) is 1.58. The monoisotopic (exact) mass is 239 g/mol. The van der Waals surface area contributed by atoms with E-state index in [1.54, 1.807) is 0 Å². The van der Waals surface area contributed by atoms with Crippen LogP contribution >= 0.6 is 0 Å². The van der Waals surface area contributed by atoms with Gasteiger partial charge in [-0.25, -0.2) is 4.79 Å². The standard InChI is InChI=1S/C8H9N5O4/c9-6-10-7(12-8(17)11-6)13-2-3(5(15)16)1-4(13)14/h3H,1-2H2,(H,15,16)(H3,9,10,11,12,17). The van der Waals surface area contributed by atoms with Crippen molar-refractivity contribution in [3.05, 3.63) is 10.5 Å². The number of aliphatic carboxylic acids is 1. The quantitative estimate of drug-likeness (QED) is 0.551. The lowest BCUT2D eigenvalue weighted by Gasteiger charge is -2.12. The number of amides is 1. The van der Waals surface area contributed by atoms with E-state index >= 15 is 0 Å². The summed E-state index contributed by atoms with van der Waals surface area (Å²) in [5, 5.41) is 8.79. The maximum atomic E-state index is 11.5. The number of aromatic amines is 1. The molecule has 0 bridgehead atoms. The molecule has 1 aliphatic rings. The number of carboxylic acid groups (broad SMARTS) is 1. The summed E-state index contributed by atoms with van der Waals surface area (Å²) >= 11 is 0. The molecule has 1 unspecified atom stereocenters. The van der Waals surface area contributed by atoms with E-state index in [0.717, 1.165) is 4.90 Å². The van der Waals surface area contributed by atoms with Gasteiger partial charge in [0.05, 0.1) is 5.92 Å². The van der Waals surface area contributed by atoms with Crippen molar-refractivity contribution in [1.29, 1.82) is 0 Å². The van der Waals surface area contributed by atoms with Crippen molar-refractivity contribution in [2.75, 3.05) is 17.2 Å². The van der Waals surface area contributed by atoms with Crippen molar-refractivity contribution >= 4 is 23.8 Å². The number of carboxylic acids is 1. The summed E-state index contributed by atoms with van der Waals surface area (Å²) in [6.07, 6.45) is -0.134. The molecule has 17 heavy (non-hydrogen) atoms. The fourth-order valence-corrected chi connectivity index (χ4v) is 1.58. The second-order valence-corrected chi connectivity index (χ2v) is 3.58. The number of carbonyl (C=O) groups is 2. The Labute approximate surface area is 94.3 Å². The fraction of sp³-hybridized carbons (Fsp3) is 0.375. The molecule has 0 aromatic carbocycles. The molecule has 1 aromatic rings. The van der Waals surface area contributed by atoms with Crippen LogP contribution < -0.4 is 16.3 Å². The van der Waals surface area contributed by atoms with Gasteiger partial charge in [0.25, 0.3) is 0 Å². The maximum Gasteiger partial charge on any atom is 0.351 e. The van der Waals surface area contributed by atoms with E-state index < -0.39 is 23.5 Å². The second kappa shape index (κ2) is 3.85. The van der Waals surface area contributed by atoms with Gasteiger partial charge in [-0.3, -0.25) is 19.5 Å². The molecule has 0 radical (unpaired) electrons. The average Bonchev–Trinajstić information content (AvgIpc) is 2.59. The second-order valence-electron chi connectivity index (χ2n) is 3.58. The first-order valence-corrected chi connectivity index (χ1v) is 4.74. The largest absolute Gasteiger partial charge is 0.481 e. The molecule has 1 fully saturated rings. The summed E-state index contributed by atoms with van der Waals surface area (Å²) in [6.45, 7) is -0.0585. The third kappa shape index (κ3) is 2.07. The number of hydrogen-bond acceptors (Lipinski definition) is 6. The highest BCUT2D eigenvalue weighted by Gasteiger charge is 2.36. The van der Waals surface area contributed by atoms with E-state index in [2.05, 4.69) is 15.0 Å². The molecule has 0 aliphatic carbocycles. The lowest BCUT2D eigenvalue weighted by Crippen LogP contribution is -2.30. The number of nitrogens with two attached hydrogens (primary N) is 1. The Balaban J connectivity index is 2.32. The summed E-state index contributed by atoms with van der Waals surface area (Å²) in [7, 11) is 0. The van der Waals surface area contributed by atoms with Gasteiger partial charge in [0.1, 0.15) is 0 Å². The van der Waals surface area contributed by atoms with Gasteiger partial charge in [0, 0.05) is 13.0 Å². The molecular formula is C8H9N5O4. The Morgan fingerprint density at radius 3 is 2.71 bits per heavy atom. The molecule has 90 valence electrons. The predicted octanol–water partition coefficient (Wildman–Crippen LogP) is -1.82. The van der Waals surface area contributed by atoms with Gasteiger partial charge in [-0.15, -0.1) is 0 Å². The van der Waals surface area contributed by atoms with Gasteiger partial charge in [-0.1, -0.05) is 0 Å². The first kappa shape index (κ1) is 11.0. The maximum absolute atomic E-state index is 11.5. The van der Waals surface area contributed by atoms with Crippen molar-refractivity contribution in [2.24, 2.45) is 5.92 Å². The van der Waals surface area contributed by atoms with E-state index in [4.69, 9.17) is 10.8 Å². The Kier molecular flexibility index (Phi) is 2.50. The van der Waals surface area contributed by atoms with E-state index in [1.807, 2.05) is 0 Å². The number of H-pyrrole nitrogens is 1. The number of anilines is 2. The van der Waals surface area contributed by atoms with Crippen molar-refractivity contribution in [2.45, 2.75) is 6.42 Å². The van der Waals surface area contributed by atoms with Crippen LogP contribution in [0.25, 0.3) is 0 Å². The van der Waals surface area contributed by atoms with Crippen LogP contribution in [0.15, 0.2) is 4.79 Å². The molecule has 1 aliphatic heterocycles. The van der Waals surface area contributed by atoms with E-state index in [0.29, 0.717) is 0 Å². The molecule has 9 nitrogen and oxygen atoms in total. The zero-order chi connectivity index (χ0) is 12.6. The Hall–Kier alpha value is -2.45. The molecular weight excluding hydrogens is 230 g/mol. The number of rotatable bonds is 2. The molecule has 4 N–H and O–H groups in total. The van der Waals surface area contributed by atoms with Crippen LogP contribution in [0.1, 0.15) is 6.42 Å². The smallest absolute Gasteiger partial charge is 0.351 e. The number of nitrogens with one attached hydrogen (secondary N) is 1. The molecule has 2 rings (SSSR count). The van der Waals surface area contributed by atoms with Crippen LogP contribution in [0.5, 0.6) is 0 Å². The van der Waals surface area contributed by atoms with Crippen LogP contribution in [0, 0.1) is 5.92 Å². The van der Waals surface area contributed by atoms with Crippen molar-refractivity contribution in [1.82, 2.24) is 15.0 Å². The Morgan fingerprint density at radius 1 is 1.47 bits per heavy atom. The van der Waals surface area contributed by atoms with E-state index in [1.165, 1.54) is 0 Å². The van der Waals surface area contributed by atoms with Crippen LogP contribution in [0.4, 0.5) is 11.9 Å². The topological polar surface area (TPSA) is 142 Å². The molecule has 1 aromatic heterocycles. The minimum atomic E-state index is -1.07. The first-order valence-electron chi connectivity index (χ1n) is 4.74. The number of aromatic nitrogens is 3. The molecule has 1 atom stereocenters.